The van der Waals surface area contributed by atoms with Gasteiger partial charge in [0, 0.05) is 5.92 Å². The summed E-state index contributed by atoms with van der Waals surface area (Å²) < 4.78 is 0. The van der Waals surface area contributed by atoms with Gasteiger partial charge in [-0.1, -0.05) is 49.4 Å². The van der Waals surface area contributed by atoms with Gasteiger partial charge in [0.2, 0.25) is 0 Å². The maximum Gasteiger partial charge on any atom is 0.0854 e. The highest BCUT2D eigenvalue weighted by Gasteiger charge is 2.19. The SMILES string of the molecule is C=C(C)[C@H](CC)[C@@H](O)c1ccccc1. The van der Waals surface area contributed by atoms with Crippen molar-refractivity contribution in [2.45, 2.75) is 26.4 Å². The average molecular weight is 190 g/mol. The Labute approximate surface area is 86.1 Å². The smallest absolute Gasteiger partial charge is 0.0854 e. The molecule has 0 heterocycles. The van der Waals surface area contributed by atoms with Gasteiger partial charge < -0.3 is 5.11 Å². The standard InChI is InChI=1S/C13H18O/c1-4-12(10(2)3)13(14)11-8-6-5-7-9-11/h5-9,12-14H,2,4H2,1,3H3/t12-,13-/m0/s1. The summed E-state index contributed by atoms with van der Waals surface area (Å²) in [7, 11) is 0. The van der Waals surface area contributed by atoms with Crippen LogP contribution in [0.5, 0.6) is 0 Å². The van der Waals surface area contributed by atoms with Crippen molar-refractivity contribution in [2.24, 2.45) is 5.92 Å². The van der Waals surface area contributed by atoms with Crippen molar-refractivity contribution in [1.29, 1.82) is 0 Å². The summed E-state index contributed by atoms with van der Waals surface area (Å²) in [6, 6.07) is 9.76. The average Bonchev–Trinajstić information content (AvgIpc) is 2.19. The molecule has 0 unspecified atom stereocenters. The van der Waals surface area contributed by atoms with Crippen LogP contribution in [0.1, 0.15) is 31.9 Å². The Hall–Kier alpha value is -1.08. The van der Waals surface area contributed by atoms with Crippen LogP contribution in [0.4, 0.5) is 0 Å². The van der Waals surface area contributed by atoms with E-state index in [0.717, 1.165) is 17.6 Å². The minimum Gasteiger partial charge on any atom is -0.388 e. The highest BCUT2D eigenvalue weighted by atomic mass is 16.3. The lowest BCUT2D eigenvalue weighted by Gasteiger charge is -2.22. The molecule has 1 nitrogen and oxygen atoms in total. The highest BCUT2D eigenvalue weighted by Crippen LogP contribution is 2.29. The van der Waals surface area contributed by atoms with Crippen molar-refractivity contribution < 1.29 is 5.11 Å². The fourth-order valence-electron chi connectivity index (χ4n) is 1.72. The molecule has 14 heavy (non-hydrogen) atoms. The van der Waals surface area contributed by atoms with Gasteiger partial charge in [0.15, 0.2) is 0 Å². The molecular weight excluding hydrogens is 172 g/mol. The lowest BCUT2D eigenvalue weighted by atomic mass is 9.88. The van der Waals surface area contributed by atoms with Crippen LogP contribution in [-0.2, 0) is 0 Å². The first-order chi connectivity index (χ1) is 6.66. The van der Waals surface area contributed by atoms with Crippen LogP contribution in [-0.4, -0.2) is 5.11 Å². The van der Waals surface area contributed by atoms with E-state index in [2.05, 4.69) is 13.5 Å². The van der Waals surface area contributed by atoms with Crippen LogP contribution >= 0.6 is 0 Å². The second-order valence-corrected chi connectivity index (χ2v) is 3.72. The predicted molar refractivity (Wildman–Crippen MR) is 60.0 cm³/mol. The van der Waals surface area contributed by atoms with Crippen LogP contribution in [0.25, 0.3) is 0 Å². The Kier molecular flexibility index (Phi) is 3.90. The Morgan fingerprint density at radius 2 is 1.93 bits per heavy atom. The molecule has 0 bridgehead atoms. The third kappa shape index (κ3) is 2.46. The van der Waals surface area contributed by atoms with E-state index in [1.54, 1.807) is 0 Å². The second kappa shape index (κ2) is 4.97. The number of rotatable bonds is 4. The van der Waals surface area contributed by atoms with Gasteiger partial charge in [-0.15, -0.1) is 0 Å². The number of benzene rings is 1. The maximum absolute atomic E-state index is 10.1. The van der Waals surface area contributed by atoms with E-state index in [9.17, 15) is 5.11 Å². The molecule has 0 radical (unpaired) electrons. The molecule has 1 aromatic rings. The molecule has 0 saturated heterocycles. The van der Waals surface area contributed by atoms with Crippen molar-refractivity contribution in [3.8, 4) is 0 Å². The summed E-state index contributed by atoms with van der Waals surface area (Å²) in [6.07, 6.45) is 0.504. The largest absolute Gasteiger partial charge is 0.388 e. The molecule has 0 spiro atoms. The minimum absolute atomic E-state index is 0.164. The number of hydrogen-bond acceptors (Lipinski definition) is 1. The quantitative estimate of drug-likeness (QED) is 0.722. The first-order valence-electron chi connectivity index (χ1n) is 5.05. The van der Waals surface area contributed by atoms with Crippen LogP contribution in [0.2, 0.25) is 0 Å². The first kappa shape index (κ1) is 11.0. The van der Waals surface area contributed by atoms with E-state index in [-0.39, 0.29) is 5.92 Å². The van der Waals surface area contributed by atoms with E-state index >= 15 is 0 Å². The van der Waals surface area contributed by atoms with E-state index in [1.807, 2.05) is 37.3 Å². The van der Waals surface area contributed by atoms with Gasteiger partial charge in [-0.2, -0.15) is 0 Å². The zero-order chi connectivity index (χ0) is 10.6. The lowest BCUT2D eigenvalue weighted by Crippen LogP contribution is -2.12. The lowest BCUT2D eigenvalue weighted by molar-refractivity contribution is 0.124. The highest BCUT2D eigenvalue weighted by molar-refractivity contribution is 5.20. The number of aliphatic hydroxyl groups excluding tert-OH is 1. The zero-order valence-corrected chi connectivity index (χ0v) is 8.90. The Morgan fingerprint density at radius 3 is 2.36 bits per heavy atom. The van der Waals surface area contributed by atoms with Gasteiger partial charge in [-0.3, -0.25) is 0 Å². The second-order valence-electron chi connectivity index (χ2n) is 3.72. The summed E-state index contributed by atoms with van der Waals surface area (Å²) in [5.74, 6) is 0.164. The van der Waals surface area contributed by atoms with Crippen molar-refractivity contribution >= 4 is 0 Å². The van der Waals surface area contributed by atoms with E-state index in [0.29, 0.717) is 0 Å². The molecule has 1 rings (SSSR count). The molecule has 0 fully saturated rings. The first-order valence-corrected chi connectivity index (χ1v) is 5.05. The van der Waals surface area contributed by atoms with Gasteiger partial charge in [0.05, 0.1) is 6.10 Å². The summed E-state index contributed by atoms with van der Waals surface area (Å²) in [5, 5.41) is 10.1. The molecule has 1 aromatic carbocycles. The molecule has 0 amide bonds. The molecule has 0 saturated carbocycles. The third-order valence-electron chi connectivity index (χ3n) is 2.60. The third-order valence-corrected chi connectivity index (χ3v) is 2.60. The Balaban J connectivity index is 2.83. The molecule has 0 aliphatic rings. The number of aliphatic hydroxyl groups is 1. The molecule has 2 atom stereocenters. The summed E-state index contributed by atoms with van der Waals surface area (Å²) in [4.78, 5) is 0. The summed E-state index contributed by atoms with van der Waals surface area (Å²) in [5.41, 5.74) is 2.02. The van der Waals surface area contributed by atoms with Crippen molar-refractivity contribution in [3.63, 3.8) is 0 Å². The molecule has 1 heteroatoms. The van der Waals surface area contributed by atoms with Crippen molar-refractivity contribution in [2.75, 3.05) is 0 Å². The molecule has 0 aliphatic heterocycles. The predicted octanol–water partition coefficient (Wildman–Crippen LogP) is 3.32. The van der Waals surface area contributed by atoms with E-state index in [4.69, 9.17) is 0 Å². The zero-order valence-electron chi connectivity index (χ0n) is 8.90. The molecule has 0 aliphatic carbocycles. The fraction of sp³-hybridized carbons (Fsp3) is 0.385. The monoisotopic (exact) mass is 190 g/mol. The van der Waals surface area contributed by atoms with Gasteiger partial charge in [0.1, 0.15) is 0 Å². The van der Waals surface area contributed by atoms with Crippen molar-refractivity contribution in [3.05, 3.63) is 48.0 Å². The van der Waals surface area contributed by atoms with E-state index in [1.165, 1.54) is 0 Å². The molecule has 1 N–H and O–H groups in total. The van der Waals surface area contributed by atoms with Gasteiger partial charge in [-0.05, 0) is 18.9 Å². The minimum atomic E-state index is -0.418. The fourth-order valence-corrected chi connectivity index (χ4v) is 1.72. The summed E-state index contributed by atoms with van der Waals surface area (Å²) >= 11 is 0. The number of hydrogen-bond donors (Lipinski definition) is 1. The van der Waals surface area contributed by atoms with Gasteiger partial charge in [0.25, 0.3) is 0 Å². The normalized spacial score (nSPS) is 14.8. The maximum atomic E-state index is 10.1. The Bertz CT molecular complexity index is 289. The summed E-state index contributed by atoms with van der Waals surface area (Å²) in [6.45, 7) is 7.96. The van der Waals surface area contributed by atoms with Gasteiger partial charge in [-0.25, -0.2) is 0 Å². The van der Waals surface area contributed by atoms with Crippen LogP contribution < -0.4 is 0 Å². The molecular formula is C13H18O. The Morgan fingerprint density at radius 1 is 1.36 bits per heavy atom. The van der Waals surface area contributed by atoms with Crippen molar-refractivity contribution in [1.82, 2.24) is 0 Å². The topological polar surface area (TPSA) is 20.2 Å². The molecule has 76 valence electrons. The van der Waals surface area contributed by atoms with Crippen LogP contribution in [0.3, 0.4) is 0 Å². The van der Waals surface area contributed by atoms with Crippen LogP contribution in [0, 0.1) is 5.92 Å². The van der Waals surface area contributed by atoms with Gasteiger partial charge >= 0.3 is 0 Å². The molecule has 0 aromatic heterocycles. The van der Waals surface area contributed by atoms with E-state index < -0.39 is 6.10 Å². The van der Waals surface area contributed by atoms with Crippen LogP contribution in [0.15, 0.2) is 42.5 Å².